The summed E-state index contributed by atoms with van der Waals surface area (Å²) in [6.45, 7) is 4.55. The summed E-state index contributed by atoms with van der Waals surface area (Å²) < 4.78 is 1.80. The highest BCUT2D eigenvalue weighted by Gasteiger charge is 2.44. The van der Waals surface area contributed by atoms with Gasteiger partial charge in [-0.3, -0.25) is 10.00 Å². The highest BCUT2D eigenvalue weighted by molar-refractivity contribution is 5.88. The Balaban J connectivity index is 1.60. The largest absolute Gasteiger partial charge is 0.393 e. The van der Waals surface area contributed by atoms with Crippen LogP contribution in [0.25, 0.3) is 0 Å². The Hall–Kier alpha value is -2.34. The van der Waals surface area contributed by atoms with E-state index in [2.05, 4.69) is 27.9 Å². The Labute approximate surface area is 141 Å². The molecule has 1 aliphatic rings. The van der Waals surface area contributed by atoms with Crippen molar-refractivity contribution in [1.82, 2.24) is 15.1 Å². The zero-order valence-corrected chi connectivity index (χ0v) is 14.1. The third-order valence-electron chi connectivity index (χ3n) is 4.61. The summed E-state index contributed by atoms with van der Waals surface area (Å²) in [5, 5.41) is 19.7. The normalized spacial score (nSPS) is 22.9. The molecule has 0 unspecified atom stereocenters. The van der Waals surface area contributed by atoms with E-state index in [1.54, 1.807) is 10.7 Å². The van der Waals surface area contributed by atoms with E-state index in [9.17, 15) is 9.90 Å². The van der Waals surface area contributed by atoms with Crippen molar-refractivity contribution in [3.05, 3.63) is 48.2 Å². The number of hydrogen-bond acceptors (Lipinski definition) is 3. The molecule has 3 N–H and O–H groups in total. The van der Waals surface area contributed by atoms with Crippen LogP contribution in [0.4, 0.5) is 10.6 Å². The molecule has 128 valence electrons. The number of aromatic nitrogens is 2. The number of aliphatic hydroxyl groups is 1. The number of carbonyl (C=O) groups excluding carboxylic acids is 1. The van der Waals surface area contributed by atoms with E-state index in [-0.39, 0.29) is 23.6 Å². The molecule has 2 amide bonds. The fourth-order valence-corrected chi connectivity index (χ4v) is 3.22. The number of rotatable bonds is 5. The molecule has 24 heavy (non-hydrogen) atoms. The van der Waals surface area contributed by atoms with Gasteiger partial charge in [0, 0.05) is 30.3 Å². The second-order valence-electron chi connectivity index (χ2n) is 6.79. The van der Waals surface area contributed by atoms with Crippen molar-refractivity contribution in [2.75, 3.05) is 11.9 Å². The highest BCUT2D eigenvalue weighted by atomic mass is 16.3. The lowest BCUT2D eigenvalue weighted by Crippen LogP contribution is -2.52. The SMILES string of the molecule is CC(C)n1ccc(NC(=O)NCC2(c3ccccc3)CC(O)C2)n1. The average molecular weight is 328 g/mol. The molecule has 0 bridgehead atoms. The first-order chi connectivity index (χ1) is 11.5. The van der Waals surface area contributed by atoms with Gasteiger partial charge in [0.2, 0.25) is 0 Å². The Morgan fingerprint density at radius 1 is 1.33 bits per heavy atom. The van der Waals surface area contributed by atoms with Gasteiger partial charge in [0.25, 0.3) is 0 Å². The Morgan fingerprint density at radius 3 is 2.62 bits per heavy atom. The molecular weight excluding hydrogens is 304 g/mol. The van der Waals surface area contributed by atoms with Crippen LogP contribution in [0.2, 0.25) is 0 Å². The van der Waals surface area contributed by atoms with Crippen LogP contribution in [0.3, 0.4) is 0 Å². The zero-order valence-electron chi connectivity index (χ0n) is 14.1. The number of anilines is 1. The topological polar surface area (TPSA) is 79.2 Å². The van der Waals surface area contributed by atoms with E-state index in [0.717, 1.165) is 5.56 Å². The first-order valence-electron chi connectivity index (χ1n) is 8.32. The van der Waals surface area contributed by atoms with Gasteiger partial charge in [0.1, 0.15) is 0 Å². The molecule has 1 aliphatic carbocycles. The number of amides is 2. The van der Waals surface area contributed by atoms with Gasteiger partial charge in [-0.2, -0.15) is 5.10 Å². The molecule has 1 aromatic heterocycles. The van der Waals surface area contributed by atoms with Gasteiger partial charge in [0.05, 0.1) is 6.10 Å². The fraction of sp³-hybridized carbons (Fsp3) is 0.444. The molecule has 3 rings (SSSR count). The summed E-state index contributed by atoms with van der Waals surface area (Å²) in [5.41, 5.74) is 0.967. The van der Waals surface area contributed by atoms with Crippen molar-refractivity contribution in [2.24, 2.45) is 0 Å². The van der Waals surface area contributed by atoms with Crippen LogP contribution in [-0.2, 0) is 5.41 Å². The number of carbonyl (C=O) groups is 1. The van der Waals surface area contributed by atoms with E-state index < -0.39 is 0 Å². The molecule has 1 saturated carbocycles. The van der Waals surface area contributed by atoms with Gasteiger partial charge in [-0.1, -0.05) is 30.3 Å². The van der Waals surface area contributed by atoms with E-state index in [4.69, 9.17) is 0 Å². The van der Waals surface area contributed by atoms with Crippen molar-refractivity contribution in [3.63, 3.8) is 0 Å². The van der Waals surface area contributed by atoms with Crippen molar-refractivity contribution in [1.29, 1.82) is 0 Å². The van der Waals surface area contributed by atoms with Crippen LogP contribution in [-0.4, -0.2) is 33.6 Å². The van der Waals surface area contributed by atoms with Gasteiger partial charge in [-0.05, 0) is 32.3 Å². The van der Waals surface area contributed by atoms with Gasteiger partial charge < -0.3 is 10.4 Å². The summed E-state index contributed by atoms with van der Waals surface area (Å²) in [7, 11) is 0. The molecule has 6 nitrogen and oxygen atoms in total. The highest BCUT2D eigenvalue weighted by Crippen LogP contribution is 2.43. The predicted molar refractivity (Wildman–Crippen MR) is 93.0 cm³/mol. The summed E-state index contributed by atoms with van der Waals surface area (Å²) in [4.78, 5) is 12.2. The zero-order chi connectivity index (χ0) is 17.2. The standard InChI is InChI=1S/C18H24N4O2/c1-13(2)22-9-8-16(21-22)20-17(24)19-12-18(10-15(23)11-18)14-6-4-3-5-7-14/h3-9,13,15,23H,10-12H2,1-2H3,(H2,19,20,21,24). The number of aliphatic hydroxyl groups excluding tert-OH is 1. The lowest BCUT2D eigenvalue weighted by Gasteiger charge is -2.46. The Bertz CT molecular complexity index is 690. The van der Waals surface area contributed by atoms with Crippen LogP contribution in [0.5, 0.6) is 0 Å². The van der Waals surface area contributed by atoms with Gasteiger partial charge in [0.15, 0.2) is 5.82 Å². The van der Waals surface area contributed by atoms with Crippen molar-refractivity contribution >= 4 is 11.8 Å². The van der Waals surface area contributed by atoms with Crippen LogP contribution in [0.15, 0.2) is 42.6 Å². The van der Waals surface area contributed by atoms with E-state index in [1.165, 1.54) is 0 Å². The predicted octanol–water partition coefficient (Wildman–Crippen LogP) is 2.68. The van der Waals surface area contributed by atoms with Gasteiger partial charge in [-0.25, -0.2) is 4.79 Å². The Kier molecular flexibility index (Phi) is 4.57. The number of nitrogens with one attached hydrogen (secondary N) is 2. The molecule has 6 heteroatoms. The monoisotopic (exact) mass is 328 g/mol. The van der Waals surface area contributed by atoms with Gasteiger partial charge in [-0.15, -0.1) is 0 Å². The average Bonchev–Trinajstić information content (AvgIpc) is 3.00. The number of urea groups is 1. The summed E-state index contributed by atoms with van der Waals surface area (Å²) in [5.74, 6) is 0.531. The Morgan fingerprint density at radius 2 is 2.04 bits per heavy atom. The molecule has 2 aromatic rings. The van der Waals surface area contributed by atoms with Crippen LogP contribution >= 0.6 is 0 Å². The fourth-order valence-electron chi connectivity index (χ4n) is 3.22. The lowest BCUT2D eigenvalue weighted by molar-refractivity contribution is 0.0193. The molecular formula is C18H24N4O2. The first-order valence-corrected chi connectivity index (χ1v) is 8.32. The van der Waals surface area contributed by atoms with E-state index >= 15 is 0 Å². The van der Waals surface area contributed by atoms with Crippen LogP contribution in [0, 0.1) is 0 Å². The minimum absolute atomic E-state index is 0.185. The van der Waals surface area contributed by atoms with E-state index in [0.29, 0.717) is 25.2 Å². The maximum atomic E-state index is 12.2. The second-order valence-corrected chi connectivity index (χ2v) is 6.79. The van der Waals surface area contributed by atoms with Crippen molar-refractivity contribution in [2.45, 2.75) is 44.2 Å². The molecule has 0 spiro atoms. The van der Waals surface area contributed by atoms with Crippen LogP contribution < -0.4 is 10.6 Å². The number of hydrogen-bond donors (Lipinski definition) is 3. The summed E-state index contributed by atoms with van der Waals surface area (Å²) >= 11 is 0. The van der Waals surface area contributed by atoms with Crippen LogP contribution in [0.1, 0.15) is 38.3 Å². The summed E-state index contributed by atoms with van der Waals surface area (Å²) in [6.07, 6.45) is 2.88. The minimum Gasteiger partial charge on any atom is -0.393 e. The van der Waals surface area contributed by atoms with E-state index in [1.807, 2.05) is 38.2 Å². The van der Waals surface area contributed by atoms with Gasteiger partial charge >= 0.3 is 6.03 Å². The lowest BCUT2D eigenvalue weighted by atomic mass is 9.62. The maximum Gasteiger partial charge on any atom is 0.320 e. The molecule has 1 fully saturated rings. The summed E-state index contributed by atoms with van der Waals surface area (Å²) in [6, 6.07) is 11.8. The molecule has 0 aliphatic heterocycles. The number of nitrogens with zero attached hydrogens (tertiary/aromatic N) is 2. The smallest absolute Gasteiger partial charge is 0.320 e. The second kappa shape index (κ2) is 6.65. The molecule has 0 saturated heterocycles. The molecule has 0 radical (unpaired) electrons. The quantitative estimate of drug-likeness (QED) is 0.789. The maximum absolute atomic E-state index is 12.2. The molecule has 0 atom stereocenters. The van der Waals surface area contributed by atoms with Crippen molar-refractivity contribution in [3.8, 4) is 0 Å². The minimum atomic E-state index is -0.295. The molecule has 1 heterocycles. The number of benzene rings is 1. The molecule has 1 aromatic carbocycles. The third kappa shape index (κ3) is 3.43. The third-order valence-corrected chi connectivity index (χ3v) is 4.61. The first kappa shape index (κ1) is 16.5. The van der Waals surface area contributed by atoms with Crippen molar-refractivity contribution < 1.29 is 9.90 Å².